The van der Waals surface area contributed by atoms with Crippen LogP contribution in [-0.4, -0.2) is 22.8 Å². The molecule has 1 unspecified atom stereocenters. The zero-order valence-electron chi connectivity index (χ0n) is 14.6. The number of aryl methyl sites for hydroxylation is 1. The Kier molecular flexibility index (Phi) is 4.47. The van der Waals surface area contributed by atoms with E-state index < -0.39 is 6.04 Å². The number of benzene rings is 2. The lowest BCUT2D eigenvalue weighted by molar-refractivity contribution is -0.133. The van der Waals surface area contributed by atoms with E-state index in [1.165, 1.54) is 10.3 Å². The van der Waals surface area contributed by atoms with Crippen molar-refractivity contribution in [1.82, 2.24) is 4.90 Å². The van der Waals surface area contributed by atoms with E-state index in [4.69, 9.17) is 0 Å². The zero-order valence-corrected chi connectivity index (χ0v) is 15.4. The molecule has 5 heteroatoms. The fourth-order valence-corrected chi connectivity index (χ4v) is 4.14. The van der Waals surface area contributed by atoms with E-state index in [-0.39, 0.29) is 11.8 Å². The first-order valence-electron chi connectivity index (χ1n) is 8.73. The lowest BCUT2D eigenvalue weighted by Crippen LogP contribution is -2.41. The number of rotatable bonds is 4. The number of hydrogen-bond acceptors (Lipinski definition) is 3. The number of amides is 2. The third-order valence-corrected chi connectivity index (χ3v) is 5.72. The van der Waals surface area contributed by atoms with Gasteiger partial charge in [-0.25, -0.2) is 0 Å². The molecule has 0 aliphatic carbocycles. The van der Waals surface area contributed by atoms with Crippen LogP contribution < -0.4 is 5.32 Å². The predicted octanol–water partition coefficient (Wildman–Crippen LogP) is 4.34. The summed E-state index contributed by atoms with van der Waals surface area (Å²) < 4.78 is 1.19. The summed E-state index contributed by atoms with van der Waals surface area (Å²) >= 11 is 1.68. The molecule has 1 N–H and O–H groups in total. The number of carbonyl (C=O) groups excluding carboxylic acids is 2. The van der Waals surface area contributed by atoms with Gasteiger partial charge in [0.1, 0.15) is 6.04 Å². The SMILES string of the molecule is Cc1ccc(CN2C(=O)CCC2C(=O)Nc2ccc3sccc3c2)cc1. The molecule has 2 aromatic carbocycles. The van der Waals surface area contributed by atoms with E-state index in [0.717, 1.165) is 16.6 Å². The first-order chi connectivity index (χ1) is 12.6. The molecule has 26 heavy (non-hydrogen) atoms. The maximum atomic E-state index is 12.8. The molecule has 2 amide bonds. The van der Waals surface area contributed by atoms with Crippen LogP contribution >= 0.6 is 11.3 Å². The zero-order chi connectivity index (χ0) is 18.1. The highest BCUT2D eigenvalue weighted by molar-refractivity contribution is 7.17. The predicted molar refractivity (Wildman–Crippen MR) is 105 cm³/mol. The van der Waals surface area contributed by atoms with Gasteiger partial charge in [0.15, 0.2) is 0 Å². The summed E-state index contributed by atoms with van der Waals surface area (Å²) in [5.74, 6) is -0.0726. The average Bonchev–Trinajstić information content (AvgIpc) is 3.23. The Morgan fingerprint density at radius 3 is 2.81 bits per heavy atom. The molecule has 4 rings (SSSR count). The van der Waals surface area contributed by atoms with Gasteiger partial charge in [0.2, 0.25) is 11.8 Å². The summed E-state index contributed by atoms with van der Waals surface area (Å²) in [5, 5.41) is 6.14. The van der Waals surface area contributed by atoms with Gasteiger partial charge < -0.3 is 10.2 Å². The summed E-state index contributed by atoms with van der Waals surface area (Å²) in [6.45, 7) is 2.51. The van der Waals surface area contributed by atoms with Crippen molar-refractivity contribution >= 4 is 38.9 Å². The van der Waals surface area contributed by atoms with Crippen LogP contribution in [-0.2, 0) is 16.1 Å². The number of likely N-dealkylation sites (tertiary alicyclic amines) is 1. The Labute approximate surface area is 156 Å². The van der Waals surface area contributed by atoms with Gasteiger partial charge in [-0.15, -0.1) is 11.3 Å². The third kappa shape index (κ3) is 3.35. The molecule has 0 saturated carbocycles. The van der Waals surface area contributed by atoms with Crippen molar-refractivity contribution in [3.8, 4) is 0 Å². The van der Waals surface area contributed by atoms with Crippen molar-refractivity contribution in [3.05, 3.63) is 65.0 Å². The Bertz CT molecular complexity index is 962. The van der Waals surface area contributed by atoms with Gasteiger partial charge >= 0.3 is 0 Å². The number of nitrogens with one attached hydrogen (secondary N) is 1. The van der Waals surface area contributed by atoms with Crippen LogP contribution in [0.4, 0.5) is 5.69 Å². The monoisotopic (exact) mass is 364 g/mol. The van der Waals surface area contributed by atoms with Crippen LogP contribution in [0, 0.1) is 6.92 Å². The lowest BCUT2D eigenvalue weighted by atomic mass is 10.1. The summed E-state index contributed by atoms with van der Waals surface area (Å²) in [4.78, 5) is 26.8. The van der Waals surface area contributed by atoms with Gasteiger partial charge in [0.25, 0.3) is 0 Å². The minimum atomic E-state index is -0.415. The van der Waals surface area contributed by atoms with Gasteiger partial charge in [0.05, 0.1) is 0 Å². The average molecular weight is 364 g/mol. The van der Waals surface area contributed by atoms with E-state index >= 15 is 0 Å². The fraction of sp³-hybridized carbons (Fsp3) is 0.238. The second-order valence-corrected chi connectivity index (χ2v) is 7.67. The molecule has 2 heterocycles. The molecule has 0 bridgehead atoms. The first kappa shape index (κ1) is 16.8. The summed E-state index contributed by atoms with van der Waals surface area (Å²) in [5.41, 5.74) is 3.00. The van der Waals surface area contributed by atoms with Crippen LogP contribution in [0.3, 0.4) is 0 Å². The van der Waals surface area contributed by atoms with Crippen molar-refractivity contribution < 1.29 is 9.59 Å². The van der Waals surface area contributed by atoms with Crippen LogP contribution in [0.2, 0.25) is 0 Å². The highest BCUT2D eigenvalue weighted by atomic mass is 32.1. The molecule has 1 fully saturated rings. The van der Waals surface area contributed by atoms with Crippen LogP contribution in [0.25, 0.3) is 10.1 Å². The second-order valence-electron chi connectivity index (χ2n) is 6.72. The maximum absolute atomic E-state index is 12.8. The molecule has 1 aliphatic heterocycles. The molecule has 1 aromatic heterocycles. The quantitative estimate of drug-likeness (QED) is 0.749. The Morgan fingerprint density at radius 2 is 2.00 bits per heavy atom. The number of hydrogen-bond donors (Lipinski definition) is 1. The summed E-state index contributed by atoms with van der Waals surface area (Å²) in [6.07, 6.45) is 0.991. The van der Waals surface area contributed by atoms with Crippen LogP contribution in [0.1, 0.15) is 24.0 Å². The first-order valence-corrected chi connectivity index (χ1v) is 9.61. The highest BCUT2D eigenvalue weighted by Gasteiger charge is 2.35. The molecule has 1 atom stereocenters. The van der Waals surface area contributed by atoms with Gasteiger partial charge in [-0.1, -0.05) is 29.8 Å². The van der Waals surface area contributed by atoms with E-state index in [1.807, 2.05) is 60.8 Å². The van der Waals surface area contributed by atoms with E-state index in [9.17, 15) is 9.59 Å². The molecule has 0 spiro atoms. The topological polar surface area (TPSA) is 49.4 Å². The minimum Gasteiger partial charge on any atom is -0.326 e. The molecular weight excluding hydrogens is 344 g/mol. The van der Waals surface area contributed by atoms with Crippen molar-refractivity contribution in [3.63, 3.8) is 0 Å². The van der Waals surface area contributed by atoms with Crippen molar-refractivity contribution in [1.29, 1.82) is 0 Å². The number of thiophene rings is 1. The second kappa shape index (κ2) is 6.92. The molecule has 1 aliphatic rings. The Morgan fingerprint density at radius 1 is 1.19 bits per heavy atom. The molecule has 3 aromatic rings. The van der Waals surface area contributed by atoms with E-state index in [2.05, 4.69) is 5.32 Å². The lowest BCUT2D eigenvalue weighted by Gasteiger charge is -2.24. The number of anilines is 1. The van der Waals surface area contributed by atoms with Gasteiger partial charge in [-0.2, -0.15) is 0 Å². The summed E-state index contributed by atoms with van der Waals surface area (Å²) in [6, 6.07) is 15.6. The Hall–Kier alpha value is -2.66. The van der Waals surface area contributed by atoms with Crippen molar-refractivity contribution in [2.45, 2.75) is 32.4 Å². The van der Waals surface area contributed by atoms with Gasteiger partial charge in [-0.3, -0.25) is 9.59 Å². The summed E-state index contributed by atoms with van der Waals surface area (Å²) in [7, 11) is 0. The number of nitrogens with zero attached hydrogens (tertiary/aromatic N) is 1. The van der Waals surface area contributed by atoms with E-state index in [1.54, 1.807) is 16.2 Å². The van der Waals surface area contributed by atoms with Crippen molar-refractivity contribution in [2.75, 3.05) is 5.32 Å². The third-order valence-electron chi connectivity index (χ3n) is 4.82. The van der Waals surface area contributed by atoms with Crippen LogP contribution in [0.15, 0.2) is 53.9 Å². The van der Waals surface area contributed by atoms with Crippen LogP contribution in [0.5, 0.6) is 0 Å². The van der Waals surface area contributed by atoms with Crippen molar-refractivity contribution in [2.24, 2.45) is 0 Å². The van der Waals surface area contributed by atoms with Gasteiger partial charge in [0, 0.05) is 23.4 Å². The molecule has 1 saturated heterocycles. The number of carbonyl (C=O) groups is 2. The molecule has 132 valence electrons. The maximum Gasteiger partial charge on any atom is 0.247 e. The largest absolute Gasteiger partial charge is 0.326 e. The normalized spacial score (nSPS) is 17.0. The molecule has 4 nitrogen and oxygen atoms in total. The minimum absolute atomic E-state index is 0.0408. The van der Waals surface area contributed by atoms with E-state index in [0.29, 0.717) is 19.4 Å². The fourth-order valence-electron chi connectivity index (χ4n) is 3.36. The smallest absolute Gasteiger partial charge is 0.247 e. The molecular formula is C21H20N2O2S. The van der Waals surface area contributed by atoms with Gasteiger partial charge in [-0.05, 0) is 53.9 Å². The Balaban J connectivity index is 1.49. The number of fused-ring (bicyclic) bond motifs is 1. The standard InChI is InChI=1S/C21H20N2O2S/c1-14-2-4-15(5-3-14)13-23-18(7-9-20(23)24)21(25)22-17-6-8-19-16(12-17)10-11-26-19/h2-6,8,10-12,18H,7,9,13H2,1H3,(H,22,25). The highest BCUT2D eigenvalue weighted by Crippen LogP contribution is 2.26. The molecule has 0 radical (unpaired) electrons.